The van der Waals surface area contributed by atoms with Crippen LogP contribution in [0.1, 0.15) is 22.7 Å². The summed E-state index contributed by atoms with van der Waals surface area (Å²) in [6, 6.07) is 12.2. The molecule has 1 amide bonds. The summed E-state index contributed by atoms with van der Waals surface area (Å²) in [5, 5.41) is 3.00. The summed E-state index contributed by atoms with van der Waals surface area (Å²) < 4.78 is 21.2. The Hall–Kier alpha value is -2.77. The Balaban J connectivity index is 1.88. The number of nitrogens with zero attached hydrogens (tertiary/aromatic N) is 1. The molecule has 30 heavy (non-hydrogen) atoms. The normalized spacial score (nSPS) is 15.9. The Morgan fingerprint density at radius 3 is 2.37 bits per heavy atom. The molecule has 1 aliphatic heterocycles. The molecule has 1 aliphatic rings. The maximum atomic E-state index is 12.0. The van der Waals surface area contributed by atoms with E-state index in [4.69, 9.17) is 18.9 Å². The maximum Gasteiger partial charge on any atom is 0.246 e. The van der Waals surface area contributed by atoms with Gasteiger partial charge in [0.2, 0.25) is 5.91 Å². The van der Waals surface area contributed by atoms with Crippen molar-refractivity contribution in [1.29, 1.82) is 0 Å². The van der Waals surface area contributed by atoms with Crippen molar-refractivity contribution in [1.82, 2.24) is 10.2 Å². The van der Waals surface area contributed by atoms with Crippen molar-refractivity contribution in [3.8, 4) is 17.2 Å². The van der Waals surface area contributed by atoms with Crippen molar-refractivity contribution in [2.24, 2.45) is 0 Å². The van der Waals surface area contributed by atoms with Gasteiger partial charge in [-0.05, 0) is 47.4 Å². The van der Waals surface area contributed by atoms with Gasteiger partial charge in [0.15, 0.2) is 11.5 Å². The van der Waals surface area contributed by atoms with Crippen LogP contribution in [0.25, 0.3) is 0 Å². The summed E-state index contributed by atoms with van der Waals surface area (Å²) in [7, 11) is 6.46. The highest BCUT2D eigenvalue weighted by Crippen LogP contribution is 2.38. The first kappa shape index (κ1) is 21.9. The van der Waals surface area contributed by atoms with Gasteiger partial charge >= 0.3 is 0 Å². The molecule has 1 heterocycles. The molecule has 2 aromatic carbocycles. The van der Waals surface area contributed by atoms with Gasteiger partial charge in [-0.1, -0.05) is 12.1 Å². The number of benzene rings is 2. The first-order chi connectivity index (χ1) is 14.6. The van der Waals surface area contributed by atoms with Gasteiger partial charge in [-0.25, -0.2) is 0 Å². The molecule has 7 nitrogen and oxygen atoms in total. The minimum Gasteiger partial charge on any atom is -0.497 e. The average Bonchev–Trinajstić information content (AvgIpc) is 2.78. The predicted octanol–water partition coefficient (Wildman–Crippen LogP) is 2.57. The van der Waals surface area contributed by atoms with Gasteiger partial charge in [0.1, 0.15) is 12.4 Å². The first-order valence-corrected chi connectivity index (χ1v) is 9.97. The number of rotatable bonds is 9. The highest BCUT2D eigenvalue weighted by Gasteiger charge is 2.29. The van der Waals surface area contributed by atoms with Gasteiger partial charge in [0, 0.05) is 26.7 Å². The first-order valence-electron chi connectivity index (χ1n) is 9.97. The van der Waals surface area contributed by atoms with Crippen LogP contribution in [-0.2, 0) is 22.5 Å². The van der Waals surface area contributed by atoms with Crippen molar-refractivity contribution in [3.63, 3.8) is 0 Å². The third kappa shape index (κ3) is 5.04. The van der Waals surface area contributed by atoms with Gasteiger partial charge in [0.05, 0.1) is 27.4 Å². The summed E-state index contributed by atoms with van der Waals surface area (Å²) in [5.74, 6) is 2.12. The van der Waals surface area contributed by atoms with E-state index in [0.29, 0.717) is 12.3 Å². The smallest absolute Gasteiger partial charge is 0.246 e. The van der Waals surface area contributed by atoms with Gasteiger partial charge in [0.25, 0.3) is 0 Å². The van der Waals surface area contributed by atoms with Crippen LogP contribution in [0, 0.1) is 0 Å². The lowest BCUT2D eigenvalue weighted by Crippen LogP contribution is -2.42. The Morgan fingerprint density at radius 2 is 1.73 bits per heavy atom. The number of hydrogen-bond donors (Lipinski definition) is 1. The zero-order chi connectivity index (χ0) is 21.5. The second kappa shape index (κ2) is 10.3. The zero-order valence-corrected chi connectivity index (χ0v) is 18.1. The highest BCUT2D eigenvalue weighted by molar-refractivity contribution is 5.77. The van der Waals surface area contributed by atoms with Crippen LogP contribution in [0.4, 0.5) is 0 Å². The van der Waals surface area contributed by atoms with E-state index in [9.17, 15) is 4.79 Å². The minimum atomic E-state index is -0.130. The van der Waals surface area contributed by atoms with Crippen LogP contribution in [0.2, 0.25) is 0 Å². The predicted molar refractivity (Wildman–Crippen MR) is 114 cm³/mol. The van der Waals surface area contributed by atoms with Crippen LogP contribution >= 0.6 is 0 Å². The lowest BCUT2D eigenvalue weighted by atomic mass is 9.91. The molecule has 1 atom stereocenters. The molecular weight excluding hydrogens is 384 g/mol. The molecule has 2 aromatic rings. The number of amides is 1. The Kier molecular flexibility index (Phi) is 7.54. The van der Waals surface area contributed by atoms with E-state index in [1.807, 2.05) is 24.3 Å². The van der Waals surface area contributed by atoms with Crippen LogP contribution in [0.15, 0.2) is 36.4 Å². The van der Waals surface area contributed by atoms with E-state index < -0.39 is 0 Å². The molecule has 0 saturated heterocycles. The molecule has 0 fully saturated rings. The van der Waals surface area contributed by atoms with Crippen LogP contribution in [0.3, 0.4) is 0 Å². The quantitative estimate of drug-likeness (QED) is 0.680. The molecule has 162 valence electrons. The van der Waals surface area contributed by atoms with E-state index >= 15 is 0 Å². The summed E-state index contributed by atoms with van der Waals surface area (Å²) in [6.07, 6.45) is 0.897. The van der Waals surface area contributed by atoms with E-state index in [1.165, 1.54) is 18.2 Å². The summed E-state index contributed by atoms with van der Waals surface area (Å²) in [4.78, 5) is 14.4. The number of carbonyl (C=O) groups excluding carboxylic acids is 1. The number of carbonyl (C=O) groups is 1. The zero-order valence-electron chi connectivity index (χ0n) is 18.1. The van der Waals surface area contributed by atoms with Crippen LogP contribution in [-0.4, -0.2) is 58.9 Å². The lowest BCUT2D eigenvalue weighted by molar-refractivity contribution is -0.125. The molecule has 0 saturated carbocycles. The van der Waals surface area contributed by atoms with E-state index in [0.717, 1.165) is 36.6 Å². The number of hydrogen-bond acceptors (Lipinski definition) is 6. The maximum absolute atomic E-state index is 12.0. The molecule has 0 unspecified atom stereocenters. The monoisotopic (exact) mass is 414 g/mol. The molecule has 1 N–H and O–H groups in total. The fourth-order valence-corrected chi connectivity index (χ4v) is 3.87. The molecule has 0 bridgehead atoms. The number of fused-ring (bicyclic) bond motifs is 1. The second-order valence-electron chi connectivity index (χ2n) is 7.23. The van der Waals surface area contributed by atoms with Crippen LogP contribution in [0.5, 0.6) is 17.2 Å². The minimum absolute atomic E-state index is 0.0106. The van der Waals surface area contributed by atoms with Gasteiger partial charge in [-0.2, -0.15) is 0 Å². The lowest BCUT2D eigenvalue weighted by Gasteiger charge is -2.38. The molecule has 7 heteroatoms. The Morgan fingerprint density at radius 1 is 1.03 bits per heavy atom. The summed E-state index contributed by atoms with van der Waals surface area (Å²) in [5.41, 5.74) is 3.54. The fraction of sp³-hybridized carbons (Fsp3) is 0.435. The molecule has 0 aromatic heterocycles. The molecular formula is C23H30N2O5. The standard InChI is InChI=1S/C23H30N2O5/c1-27-15-23(26)24-13-20-19-12-22(30-4)21(29-3)11-17(19)9-10-25(20)14-16-5-7-18(28-2)8-6-16/h5-8,11-12,20H,9-10,13-15H2,1-4H3,(H,24,26)/t20-/m1/s1. The van der Waals surface area contributed by atoms with E-state index in [2.05, 4.69) is 22.3 Å². The third-order valence-corrected chi connectivity index (χ3v) is 5.43. The average molecular weight is 415 g/mol. The molecule has 0 radical (unpaired) electrons. The SMILES string of the molecule is COCC(=O)NC[C@@H]1c2cc(OC)c(OC)cc2CCN1Cc1ccc(OC)cc1. The topological polar surface area (TPSA) is 69.3 Å². The van der Waals surface area contributed by atoms with Crippen molar-refractivity contribution in [2.45, 2.75) is 19.0 Å². The van der Waals surface area contributed by atoms with Crippen molar-refractivity contribution in [2.75, 3.05) is 48.1 Å². The van der Waals surface area contributed by atoms with E-state index in [-0.39, 0.29) is 18.6 Å². The van der Waals surface area contributed by atoms with Gasteiger partial charge in [-0.3, -0.25) is 9.69 Å². The van der Waals surface area contributed by atoms with Crippen molar-refractivity contribution < 1.29 is 23.7 Å². The third-order valence-electron chi connectivity index (χ3n) is 5.43. The molecule has 0 spiro atoms. The van der Waals surface area contributed by atoms with Gasteiger partial charge in [-0.15, -0.1) is 0 Å². The number of ether oxygens (including phenoxy) is 4. The Bertz CT molecular complexity index is 853. The second-order valence-corrected chi connectivity index (χ2v) is 7.23. The number of methoxy groups -OCH3 is 4. The fourth-order valence-electron chi connectivity index (χ4n) is 3.87. The summed E-state index contributed by atoms with van der Waals surface area (Å²) >= 11 is 0. The van der Waals surface area contributed by atoms with Crippen LogP contribution < -0.4 is 19.5 Å². The van der Waals surface area contributed by atoms with Crippen molar-refractivity contribution >= 4 is 5.91 Å². The summed E-state index contributed by atoms with van der Waals surface area (Å²) in [6.45, 7) is 2.17. The van der Waals surface area contributed by atoms with E-state index in [1.54, 1.807) is 21.3 Å². The van der Waals surface area contributed by atoms with Crippen molar-refractivity contribution in [3.05, 3.63) is 53.1 Å². The molecule has 0 aliphatic carbocycles. The molecule has 3 rings (SSSR count). The van der Waals surface area contributed by atoms with Gasteiger partial charge < -0.3 is 24.3 Å². The Labute approximate surface area is 177 Å². The highest BCUT2D eigenvalue weighted by atomic mass is 16.5. The number of nitrogens with one attached hydrogen (secondary N) is 1. The largest absolute Gasteiger partial charge is 0.497 e.